The van der Waals surface area contributed by atoms with E-state index in [4.69, 9.17) is 0 Å². The Hall–Kier alpha value is -0.250. The minimum Gasteiger partial charge on any atom is -0.390 e. The highest BCUT2D eigenvalue weighted by molar-refractivity contribution is 5.10. The topological polar surface area (TPSA) is 20.2 Å². The van der Waals surface area contributed by atoms with Crippen LogP contribution in [0.2, 0.25) is 0 Å². The standard InChI is InChI=1S/C25H41F3O.C2H6/c1-4-11-24(29)15-14-23(3)18(16-24)5-7-19-20-8-6-17(9-13-25(26,27)28)22(20,2)12-10-21(19)23;1-2/h17-21,29H,4-16H2,1-3H3;1-2H3. The van der Waals surface area contributed by atoms with Crippen molar-refractivity contribution >= 4 is 0 Å². The molecule has 31 heavy (non-hydrogen) atoms. The van der Waals surface area contributed by atoms with Gasteiger partial charge in [0.1, 0.15) is 0 Å². The molecule has 0 aromatic rings. The Kier molecular flexibility index (Phi) is 7.52. The molecule has 0 saturated heterocycles. The van der Waals surface area contributed by atoms with Crippen molar-refractivity contribution in [1.29, 1.82) is 0 Å². The Labute approximate surface area is 189 Å². The van der Waals surface area contributed by atoms with E-state index in [0.29, 0.717) is 35.5 Å². The van der Waals surface area contributed by atoms with Gasteiger partial charge >= 0.3 is 6.18 Å². The van der Waals surface area contributed by atoms with E-state index in [1.54, 1.807) is 0 Å². The molecule has 4 aliphatic rings. The zero-order chi connectivity index (χ0) is 23.1. The molecule has 4 aliphatic carbocycles. The third-order valence-electron chi connectivity index (χ3n) is 10.5. The van der Waals surface area contributed by atoms with Crippen LogP contribution in [0.4, 0.5) is 13.2 Å². The SMILES string of the molecule is CC.CCCC1(O)CCC2(C)C(CCC3C4CCC(CCC(F)(F)F)C4(C)CCC32)C1. The summed E-state index contributed by atoms with van der Waals surface area (Å²) in [6, 6.07) is 0. The maximum absolute atomic E-state index is 12.9. The number of hydrogen-bond acceptors (Lipinski definition) is 1. The molecule has 1 nitrogen and oxygen atoms in total. The summed E-state index contributed by atoms with van der Waals surface area (Å²) in [6.45, 7) is 11.0. The molecule has 0 aliphatic heterocycles. The number of aliphatic hydroxyl groups is 1. The lowest BCUT2D eigenvalue weighted by atomic mass is 9.43. The Bertz CT molecular complexity index is 604. The summed E-state index contributed by atoms with van der Waals surface area (Å²) in [7, 11) is 0. The van der Waals surface area contributed by atoms with E-state index in [1.807, 2.05) is 13.8 Å². The number of rotatable bonds is 4. The van der Waals surface area contributed by atoms with Crippen molar-refractivity contribution in [1.82, 2.24) is 0 Å². The maximum Gasteiger partial charge on any atom is 0.389 e. The lowest BCUT2D eigenvalue weighted by Crippen LogP contribution is -2.55. The van der Waals surface area contributed by atoms with Gasteiger partial charge in [0.05, 0.1) is 5.60 Å². The first kappa shape index (κ1) is 25.4. The first-order valence-corrected chi connectivity index (χ1v) is 13.3. The predicted octanol–water partition coefficient (Wildman–Crippen LogP) is 8.55. The van der Waals surface area contributed by atoms with Crippen molar-refractivity contribution in [2.75, 3.05) is 0 Å². The van der Waals surface area contributed by atoms with E-state index in [9.17, 15) is 18.3 Å². The molecule has 1 N–H and O–H groups in total. The Balaban J connectivity index is 0.00000132. The summed E-state index contributed by atoms with van der Waals surface area (Å²) in [5.74, 6) is 2.91. The van der Waals surface area contributed by atoms with Crippen LogP contribution in [-0.4, -0.2) is 16.9 Å². The van der Waals surface area contributed by atoms with Crippen LogP contribution in [0.1, 0.15) is 118 Å². The van der Waals surface area contributed by atoms with Gasteiger partial charge in [-0.1, -0.05) is 41.0 Å². The highest BCUT2D eigenvalue weighted by Gasteiger charge is 2.61. The van der Waals surface area contributed by atoms with Gasteiger partial charge in [-0.05, 0) is 111 Å². The first-order chi connectivity index (χ1) is 14.5. The second kappa shape index (κ2) is 9.18. The Morgan fingerprint density at radius 2 is 1.55 bits per heavy atom. The second-order valence-corrected chi connectivity index (χ2v) is 11.8. The fraction of sp³-hybridized carbons (Fsp3) is 1.00. The number of hydrogen-bond donors (Lipinski definition) is 1. The molecule has 182 valence electrons. The first-order valence-electron chi connectivity index (χ1n) is 13.3. The highest BCUT2D eigenvalue weighted by Crippen LogP contribution is 2.68. The zero-order valence-corrected chi connectivity index (χ0v) is 20.7. The molecule has 0 aromatic heterocycles. The van der Waals surface area contributed by atoms with E-state index in [2.05, 4.69) is 20.8 Å². The van der Waals surface area contributed by atoms with Crippen LogP contribution in [-0.2, 0) is 0 Å². The molecule has 8 atom stereocenters. The molecule has 0 spiro atoms. The van der Waals surface area contributed by atoms with Gasteiger partial charge in [-0.15, -0.1) is 0 Å². The lowest BCUT2D eigenvalue weighted by molar-refractivity contribution is -0.157. The van der Waals surface area contributed by atoms with Gasteiger partial charge in [0.2, 0.25) is 0 Å². The van der Waals surface area contributed by atoms with Crippen molar-refractivity contribution in [2.45, 2.75) is 130 Å². The van der Waals surface area contributed by atoms with Crippen molar-refractivity contribution in [3.63, 3.8) is 0 Å². The molecule has 0 heterocycles. The largest absolute Gasteiger partial charge is 0.390 e. The van der Waals surface area contributed by atoms with Gasteiger partial charge in [0.25, 0.3) is 0 Å². The number of halogens is 3. The van der Waals surface area contributed by atoms with E-state index in [-0.39, 0.29) is 11.3 Å². The summed E-state index contributed by atoms with van der Waals surface area (Å²) in [5.41, 5.74) is -0.00745. The van der Waals surface area contributed by atoms with E-state index in [1.165, 1.54) is 19.3 Å². The molecule has 0 aromatic carbocycles. The predicted molar refractivity (Wildman–Crippen MR) is 122 cm³/mol. The summed E-state index contributed by atoms with van der Waals surface area (Å²) in [4.78, 5) is 0. The van der Waals surface area contributed by atoms with Crippen molar-refractivity contribution in [3.8, 4) is 0 Å². The van der Waals surface area contributed by atoms with Crippen LogP contribution in [0, 0.1) is 40.4 Å². The molecule has 0 bridgehead atoms. The average Bonchev–Trinajstić information content (AvgIpc) is 3.05. The van der Waals surface area contributed by atoms with E-state index >= 15 is 0 Å². The molecule has 0 radical (unpaired) electrons. The van der Waals surface area contributed by atoms with Gasteiger partial charge in [-0.3, -0.25) is 0 Å². The minimum atomic E-state index is -4.02. The third-order valence-corrected chi connectivity index (χ3v) is 10.5. The number of alkyl halides is 3. The van der Waals surface area contributed by atoms with Gasteiger partial charge in [0.15, 0.2) is 0 Å². The molecule has 4 heteroatoms. The zero-order valence-electron chi connectivity index (χ0n) is 20.7. The van der Waals surface area contributed by atoms with Crippen LogP contribution in [0.3, 0.4) is 0 Å². The Morgan fingerprint density at radius 3 is 2.19 bits per heavy atom. The quantitative estimate of drug-likeness (QED) is 0.460. The third kappa shape index (κ3) is 4.71. The summed E-state index contributed by atoms with van der Waals surface area (Å²) in [5, 5.41) is 11.1. The maximum atomic E-state index is 12.9. The van der Waals surface area contributed by atoms with Crippen LogP contribution in [0.5, 0.6) is 0 Å². The second-order valence-electron chi connectivity index (χ2n) is 11.8. The summed E-state index contributed by atoms with van der Waals surface area (Å²) >= 11 is 0. The van der Waals surface area contributed by atoms with Crippen molar-refractivity contribution < 1.29 is 18.3 Å². The van der Waals surface area contributed by atoms with Gasteiger partial charge in [-0.2, -0.15) is 13.2 Å². The van der Waals surface area contributed by atoms with Crippen LogP contribution < -0.4 is 0 Å². The fourth-order valence-electron chi connectivity index (χ4n) is 8.94. The van der Waals surface area contributed by atoms with E-state index < -0.39 is 18.2 Å². The molecule has 4 fully saturated rings. The monoisotopic (exact) mass is 444 g/mol. The van der Waals surface area contributed by atoms with Crippen LogP contribution >= 0.6 is 0 Å². The molecular formula is C27H47F3O. The van der Waals surface area contributed by atoms with E-state index in [0.717, 1.165) is 51.4 Å². The molecule has 4 rings (SSSR count). The van der Waals surface area contributed by atoms with Crippen LogP contribution in [0.15, 0.2) is 0 Å². The van der Waals surface area contributed by atoms with Gasteiger partial charge in [-0.25, -0.2) is 0 Å². The highest BCUT2D eigenvalue weighted by atomic mass is 19.4. The molecular weight excluding hydrogens is 397 g/mol. The normalized spacial score (nSPS) is 46.9. The Morgan fingerprint density at radius 1 is 0.871 bits per heavy atom. The van der Waals surface area contributed by atoms with Gasteiger partial charge in [0, 0.05) is 6.42 Å². The van der Waals surface area contributed by atoms with Crippen molar-refractivity contribution in [3.05, 3.63) is 0 Å². The average molecular weight is 445 g/mol. The fourth-order valence-corrected chi connectivity index (χ4v) is 8.94. The van der Waals surface area contributed by atoms with Crippen LogP contribution in [0.25, 0.3) is 0 Å². The van der Waals surface area contributed by atoms with Crippen molar-refractivity contribution in [2.24, 2.45) is 40.4 Å². The minimum absolute atomic E-state index is 0.118. The number of fused-ring (bicyclic) bond motifs is 5. The van der Waals surface area contributed by atoms with Gasteiger partial charge < -0.3 is 5.11 Å². The molecule has 4 saturated carbocycles. The lowest BCUT2D eigenvalue weighted by Gasteiger charge is -2.62. The molecule has 8 unspecified atom stereocenters. The summed E-state index contributed by atoms with van der Waals surface area (Å²) < 4.78 is 38.6. The molecule has 0 amide bonds. The smallest absolute Gasteiger partial charge is 0.389 e. The summed E-state index contributed by atoms with van der Waals surface area (Å²) in [6.07, 6.45) is 7.61.